The Kier molecular flexibility index (Phi) is 5.56. The van der Waals surface area contributed by atoms with Gasteiger partial charge in [0.25, 0.3) is 0 Å². The molecule has 3 rings (SSSR count). The summed E-state index contributed by atoms with van der Waals surface area (Å²) >= 11 is 0. The standard InChI is InChI=1S/C18H32N2O/c21-18(14-15-8-3-1-2-4-9-15)20-13-6-5-11-17(20)16-10-7-12-19-16/h15-17,19H,1-14H2. The Morgan fingerprint density at radius 2 is 1.67 bits per heavy atom. The highest BCUT2D eigenvalue weighted by Crippen LogP contribution is 2.29. The Morgan fingerprint density at radius 1 is 0.905 bits per heavy atom. The summed E-state index contributed by atoms with van der Waals surface area (Å²) in [7, 11) is 0. The van der Waals surface area contributed by atoms with Crippen LogP contribution in [-0.4, -0.2) is 36.0 Å². The number of hydrogen-bond donors (Lipinski definition) is 1. The molecule has 3 aliphatic rings. The smallest absolute Gasteiger partial charge is 0.223 e. The molecule has 2 atom stereocenters. The Morgan fingerprint density at radius 3 is 2.38 bits per heavy atom. The third kappa shape index (κ3) is 4.00. The first-order chi connectivity index (χ1) is 10.3. The van der Waals surface area contributed by atoms with Crippen LogP contribution >= 0.6 is 0 Å². The first-order valence-corrected chi connectivity index (χ1v) is 9.37. The summed E-state index contributed by atoms with van der Waals surface area (Å²) in [4.78, 5) is 15.1. The number of nitrogens with zero attached hydrogens (tertiary/aromatic N) is 1. The molecule has 0 radical (unpaired) electrons. The van der Waals surface area contributed by atoms with Gasteiger partial charge in [0, 0.05) is 25.0 Å². The van der Waals surface area contributed by atoms with Crippen molar-refractivity contribution in [3.05, 3.63) is 0 Å². The summed E-state index contributed by atoms with van der Waals surface area (Å²) in [6.45, 7) is 2.15. The van der Waals surface area contributed by atoms with Crippen LogP contribution in [0, 0.1) is 5.92 Å². The van der Waals surface area contributed by atoms with E-state index < -0.39 is 0 Å². The van der Waals surface area contributed by atoms with Gasteiger partial charge in [-0.15, -0.1) is 0 Å². The van der Waals surface area contributed by atoms with Crippen molar-refractivity contribution in [3.63, 3.8) is 0 Å². The van der Waals surface area contributed by atoms with Crippen molar-refractivity contribution in [2.75, 3.05) is 13.1 Å². The van der Waals surface area contributed by atoms with Crippen LogP contribution in [0.1, 0.15) is 77.0 Å². The fourth-order valence-electron chi connectivity index (χ4n) is 4.66. The maximum atomic E-state index is 12.8. The van der Waals surface area contributed by atoms with Crippen molar-refractivity contribution in [3.8, 4) is 0 Å². The molecule has 1 amide bonds. The molecular formula is C18H32N2O. The second-order valence-electron chi connectivity index (χ2n) is 7.41. The number of carbonyl (C=O) groups excluding carboxylic acids is 1. The van der Waals surface area contributed by atoms with E-state index in [1.807, 2.05) is 0 Å². The van der Waals surface area contributed by atoms with Gasteiger partial charge in [-0.2, -0.15) is 0 Å². The van der Waals surface area contributed by atoms with Crippen LogP contribution < -0.4 is 5.32 Å². The monoisotopic (exact) mass is 292 g/mol. The average Bonchev–Trinajstić information content (AvgIpc) is 2.93. The number of nitrogens with one attached hydrogen (secondary N) is 1. The summed E-state index contributed by atoms with van der Waals surface area (Å²) in [6.07, 6.45) is 15.1. The predicted molar refractivity (Wildman–Crippen MR) is 86.2 cm³/mol. The van der Waals surface area contributed by atoms with Crippen LogP contribution in [-0.2, 0) is 4.79 Å². The van der Waals surface area contributed by atoms with Gasteiger partial charge in [0.2, 0.25) is 5.91 Å². The van der Waals surface area contributed by atoms with E-state index in [1.165, 1.54) is 70.6 Å². The second-order valence-corrected chi connectivity index (χ2v) is 7.41. The molecule has 2 heterocycles. The summed E-state index contributed by atoms with van der Waals surface area (Å²) < 4.78 is 0. The van der Waals surface area contributed by atoms with E-state index >= 15 is 0 Å². The highest BCUT2D eigenvalue weighted by atomic mass is 16.2. The van der Waals surface area contributed by atoms with E-state index in [9.17, 15) is 4.79 Å². The zero-order valence-electron chi connectivity index (χ0n) is 13.5. The minimum absolute atomic E-state index is 0.459. The van der Waals surface area contributed by atoms with E-state index in [-0.39, 0.29) is 0 Å². The Hall–Kier alpha value is -0.570. The van der Waals surface area contributed by atoms with Crippen LogP contribution in [0.15, 0.2) is 0 Å². The third-order valence-corrected chi connectivity index (χ3v) is 5.87. The first-order valence-electron chi connectivity index (χ1n) is 9.37. The molecule has 2 unspecified atom stereocenters. The maximum Gasteiger partial charge on any atom is 0.223 e. The van der Waals surface area contributed by atoms with E-state index in [2.05, 4.69) is 10.2 Å². The average molecular weight is 292 g/mol. The van der Waals surface area contributed by atoms with Gasteiger partial charge in [0.15, 0.2) is 0 Å². The number of carbonyl (C=O) groups is 1. The van der Waals surface area contributed by atoms with Crippen LogP contribution in [0.3, 0.4) is 0 Å². The molecule has 2 aliphatic heterocycles. The fourth-order valence-corrected chi connectivity index (χ4v) is 4.66. The summed E-state index contributed by atoms with van der Waals surface area (Å²) in [6, 6.07) is 1.06. The molecule has 1 saturated carbocycles. The van der Waals surface area contributed by atoms with Gasteiger partial charge in [-0.3, -0.25) is 4.79 Å². The van der Waals surface area contributed by atoms with Crippen LogP contribution in [0.5, 0.6) is 0 Å². The van der Waals surface area contributed by atoms with Crippen molar-refractivity contribution in [2.45, 2.75) is 89.1 Å². The molecule has 0 aromatic carbocycles. The molecule has 0 aromatic heterocycles. The number of hydrogen-bond acceptors (Lipinski definition) is 2. The summed E-state index contributed by atoms with van der Waals surface area (Å²) in [5.41, 5.74) is 0. The highest BCUT2D eigenvalue weighted by molar-refractivity contribution is 5.77. The lowest BCUT2D eigenvalue weighted by Gasteiger charge is -2.40. The van der Waals surface area contributed by atoms with Crippen LogP contribution in [0.25, 0.3) is 0 Å². The van der Waals surface area contributed by atoms with Gasteiger partial charge in [-0.05, 0) is 57.4 Å². The van der Waals surface area contributed by atoms with Gasteiger partial charge in [0.05, 0.1) is 0 Å². The minimum Gasteiger partial charge on any atom is -0.338 e. The summed E-state index contributed by atoms with van der Waals surface area (Å²) in [5.74, 6) is 1.12. The topological polar surface area (TPSA) is 32.3 Å². The summed E-state index contributed by atoms with van der Waals surface area (Å²) in [5, 5.41) is 3.63. The molecule has 0 aromatic rings. The van der Waals surface area contributed by atoms with E-state index in [1.54, 1.807) is 0 Å². The van der Waals surface area contributed by atoms with Gasteiger partial charge in [0.1, 0.15) is 0 Å². The molecule has 1 N–H and O–H groups in total. The van der Waals surface area contributed by atoms with E-state index in [4.69, 9.17) is 0 Å². The lowest BCUT2D eigenvalue weighted by molar-refractivity contribution is -0.136. The second kappa shape index (κ2) is 7.62. The SMILES string of the molecule is O=C(CC1CCCCCC1)N1CCCCC1C1CCCN1. The van der Waals surface area contributed by atoms with Crippen molar-refractivity contribution in [1.29, 1.82) is 0 Å². The minimum atomic E-state index is 0.459. The number of amides is 1. The highest BCUT2D eigenvalue weighted by Gasteiger charge is 2.34. The van der Waals surface area contributed by atoms with E-state index in [0.717, 1.165) is 19.5 Å². The van der Waals surface area contributed by atoms with Crippen LogP contribution in [0.2, 0.25) is 0 Å². The van der Waals surface area contributed by atoms with Crippen molar-refractivity contribution >= 4 is 5.91 Å². The molecule has 2 saturated heterocycles. The maximum absolute atomic E-state index is 12.8. The Labute approximate surface area is 129 Å². The first kappa shape index (κ1) is 15.3. The third-order valence-electron chi connectivity index (χ3n) is 5.87. The zero-order chi connectivity index (χ0) is 14.5. The van der Waals surface area contributed by atoms with Crippen LogP contribution in [0.4, 0.5) is 0 Å². The molecule has 3 fully saturated rings. The molecule has 120 valence electrons. The molecule has 3 heteroatoms. The molecular weight excluding hydrogens is 260 g/mol. The predicted octanol–water partition coefficient (Wildman–Crippen LogP) is 3.48. The van der Waals surface area contributed by atoms with Crippen molar-refractivity contribution in [1.82, 2.24) is 10.2 Å². The largest absolute Gasteiger partial charge is 0.338 e. The quantitative estimate of drug-likeness (QED) is 0.808. The molecule has 0 bridgehead atoms. The van der Waals surface area contributed by atoms with Gasteiger partial charge in [-0.25, -0.2) is 0 Å². The van der Waals surface area contributed by atoms with Gasteiger partial charge < -0.3 is 10.2 Å². The molecule has 0 spiro atoms. The zero-order valence-corrected chi connectivity index (χ0v) is 13.5. The molecule has 1 aliphatic carbocycles. The molecule has 21 heavy (non-hydrogen) atoms. The normalized spacial score (nSPS) is 32.1. The van der Waals surface area contributed by atoms with Crippen molar-refractivity contribution < 1.29 is 4.79 Å². The fraction of sp³-hybridized carbons (Fsp3) is 0.944. The van der Waals surface area contributed by atoms with Crippen molar-refractivity contribution in [2.24, 2.45) is 5.92 Å². The Balaban J connectivity index is 1.57. The van der Waals surface area contributed by atoms with Gasteiger partial charge >= 0.3 is 0 Å². The Bertz CT molecular complexity index is 330. The number of piperidine rings is 1. The number of rotatable bonds is 3. The van der Waals surface area contributed by atoms with E-state index in [0.29, 0.717) is 23.9 Å². The molecule has 3 nitrogen and oxygen atoms in total. The lowest BCUT2D eigenvalue weighted by Crippen LogP contribution is -2.52. The lowest BCUT2D eigenvalue weighted by atomic mass is 9.91. The van der Waals surface area contributed by atoms with Gasteiger partial charge in [-0.1, -0.05) is 25.7 Å². The number of likely N-dealkylation sites (tertiary alicyclic amines) is 1.